The molecule has 0 spiro atoms. The number of anilines is 1. The lowest BCUT2D eigenvalue weighted by Gasteiger charge is -2.19. The summed E-state index contributed by atoms with van der Waals surface area (Å²) in [5.41, 5.74) is 7.04. The molecule has 1 aliphatic rings. The zero-order valence-electron chi connectivity index (χ0n) is 9.56. The van der Waals surface area contributed by atoms with E-state index in [2.05, 4.69) is 0 Å². The van der Waals surface area contributed by atoms with Gasteiger partial charge in [0, 0.05) is 12.2 Å². The number of hydrogen-bond acceptors (Lipinski definition) is 3. The number of ether oxygens (including phenoxy) is 1. The van der Waals surface area contributed by atoms with Crippen LogP contribution in [0, 0.1) is 6.92 Å². The molecule has 1 amide bonds. The molecule has 4 nitrogen and oxygen atoms in total. The van der Waals surface area contributed by atoms with Crippen molar-refractivity contribution < 1.29 is 9.53 Å². The van der Waals surface area contributed by atoms with Gasteiger partial charge in [-0.1, -0.05) is 17.7 Å². The van der Waals surface area contributed by atoms with Gasteiger partial charge in [-0.05, 0) is 26.0 Å². The van der Waals surface area contributed by atoms with Crippen molar-refractivity contribution in [2.45, 2.75) is 19.4 Å². The van der Waals surface area contributed by atoms with E-state index in [0.29, 0.717) is 13.1 Å². The smallest absolute Gasteiger partial charge is 0.415 e. The van der Waals surface area contributed by atoms with Crippen molar-refractivity contribution in [3.8, 4) is 0 Å². The first-order valence-corrected chi connectivity index (χ1v) is 5.31. The van der Waals surface area contributed by atoms with E-state index in [-0.39, 0.29) is 6.09 Å². The predicted octanol–water partition coefficient (Wildman–Crippen LogP) is 1.67. The molecule has 1 heterocycles. The SMILES string of the molecule is Cc1ccc(N2CC(C)(CN)OC2=O)cc1. The third-order valence-electron chi connectivity index (χ3n) is 2.82. The number of rotatable bonds is 2. The van der Waals surface area contributed by atoms with Crippen LogP contribution in [0.5, 0.6) is 0 Å². The van der Waals surface area contributed by atoms with E-state index in [0.717, 1.165) is 11.3 Å². The minimum absolute atomic E-state index is 0.322. The summed E-state index contributed by atoms with van der Waals surface area (Å²) in [6.45, 7) is 4.70. The van der Waals surface area contributed by atoms with E-state index in [1.165, 1.54) is 0 Å². The second-order valence-corrected chi connectivity index (χ2v) is 4.44. The summed E-state index contributed by atoms with van der Waals surface area (Å²) in [6, 6.07) is 7.78. The highest BCUT2D eigenvalue weighted by Gasteiger charge is 2.40. The van der Waals surface area contributed by atoms with Crippen LogP contribution in [-0.2, 0) is 4.74 Å². The molecule has 1 saturated heterocycles. The third-order valence-corrected chi connectivity index (χ3v) is 2.82. The molecule has 1 aliphatic heterocycles. The van der Waals surface area contributed by atoms with E-state index < -0.39 is 5.60 Å². The number of cyclic esters (lactones) is 1. The number of hydrogen-bond donors (Lipinski definition) is 1. The normalized spacial score (nSPS) is 24.7. The van der Waals surface area contributed by atoms with E-state index in [1.807, 2.05) is 38.1 Å². The van der Waals surface area contributed by atoms with Gasteiger partial charge < -0.3 is 10.5 Å². The second kappa shape index (κ2) is 3.79. The van der Waals surface area contributed by atoms with Crippen molar-refractivity contribution in [1.82, 2.24) is 0 Å². The molecule has 86 valence electrons. The highest BCUT2D eigenvalue weighted by atomic mass is 16.6. The highest BCUT2D eigenvalue weighted by Crippen LogP contribution is 2.27. The predicted molar refractivity (Wildman–Crippen MR) is 62.5 cm³/mol. The summed E-state index contributed by atoms with van der Waals surface area (Å²) in [7, 11) is 0. The van der Waals surface area contributed by atoms with E-state index >= 15 is 0 Å². The zero-order valence-corrected chi connectivity index (χ0v) is 9.56. The van der Waals surface area contributed by atoms with Gasteiger partial charge in [-0.2, -0.15) is 0 Å². The first-order valence-electron chi connectivity index (χ1n) is 5.31. The molecule has 1 unspecified atom stereocenters. The minimum atomic E-state index is -0.567. The van der Waals surface area contributed by atoms with Crippen LogP contribution < -0.4 is 10.6 Å². The average Bonchev–Trinajstić information content (AvgIpc) is 2.57. The highest BCUT2D eigenvalue weighted by molar-refractivity contribution is 5.90. The number of nitrogens with two attached hydrogens (primary N) is 1. The summed E-state index contributed by atoms with van der Waals surface area (Å²) in [4.78, 5) is 13.3. The van der Waals surface area contributed by atoms with Crippen LogP contribution in [0.1, 0.15) is 12.5 Å². The van der Waals surface area contributed by atoms with Gasteiger partial charge in [0.05, 0.1) is 6.54 Å². The topological polar surface area (TPSA) is 55.6 Å². The lowest BCUT2D eigenvalue weighted by atomic mass is 10.1. The Kier molecular flexibility index (Phi) is 2.59. The van der Waals surface area contributed by atoms with E-state index in [1.54, 1.807) is 4.90 Å². The van der Waals surface area contributed by atoms with E-state index in [4.69, 9.17) is 10.5 Å². The number of benzene rings is 1. The Hall–Kier alpha value is -1.55. The lowest BCUT2D eigenvalue weighted by Crippen LogP contribution is -2.38. The maximum atomic E-state index is 11.7. The van der Waals surface area contributed by atoms with Gasteiger partial charge >= 0.3 is 6.09 Å². The molecule has 0 aliphatic carbocycles. The summed E-state index contributed by atoms with van der Waals surface area (Å²) in [6.07, 6.45) is -0.322. The second-order valence-electron chi connectivity index (χ2n) is 4.44. The molecule has 1 atom stereocenters. The number of aryl methyl sites for hydroxylation is 1. The molecule has 2 rings (SSSR count). The first kappa shape index (κ1) is 11.0. The number of amides is 1. The van der Waals surface area contributed by atoms with E-state index in [9.17, 15) is 4.79 Å². The summed E-state index contributed by atoms with van der Waals surface area (Å²) in [5, 5.41) is 0. The largest absolute Gasteiger partial charge is 0.440 e. The molecular formula is C12H16N2O2. The van der Waals surface area contributed by atoms with Gasteiger partial charge in [0.15, 0.2) is 0 Å². The Morgan fingerprint density at radius 1 is 1.44 bits per heavy atom. The molecule has 4 heteroatoms. The average molecular weight is 220 g/mol. The number of carbonyl (C=O) groups is 1. The molecule has 0 bridgehead atoms. The molecule has 0 saturated carbocycles. The Morgan fingerprint density at radius 2 is 2.06 bits per heavy atom. The molecule has 16 heavy (non-hydrogen) atoms. The quantitative estimate of drug-likeness (QED) is 0.824. The van der Waals surface area contributed by atoms with Crippen LogP contribution in [-0.4, -0.2) is 24.8 Å². The van der Waals surface area contributed by atoms with Crippen LogP contribution in [0.3, 0.4) is 0 Å². The molecule has 1 aromatic rings. The van der Waals surface area contributed by atoms with Crippen LogP contribution >= 0.6 is 0 Å². The molecule has 0 aromatic heterocycles. The fraction of sp³-hybridized carbons (Fsp3) is 0.417. The molecular weight excluding hydrogens is 204 g/mol. The molecule has 1 aromatic carbocycles. The molecule has 0 radical (unpaired) electrons. The summed E-state index contributed by atoms with van der Waals surface area (Å²) < 4.78 is 5.26. The number of carbonyl (C=O) groups excluding carboxylic acids is 1. The minimum Gasteiger partial charge on any atom is -0.440 e. The van der Waals surface area contributed by atoms with Crippen LogP contribution in [0.2, 0.25) is 0 Å². The maximum absolute atomic E-state index is 11.7. The van der Waals surface area contributed by atoms with Crippen molar-refractivity contribution in [3.63, 3.8) is 0 Å². The molecule has 2 N–H and O–H groups in total. The van der Waals surface area contributed by atoms with Crippen molar-refractivity contribution in [2.75, 3.05) is 18.0 Å². The standard InChI is InChI=1S/C12H16N2O2/c1-9-3-5-10(6-4-9)14-8-12(2,7-13)16-11(14)15/h3-6H,7-8,13H2,1-2H3. The van der Waals surface area contributed by atoms with Gasteiger partial charge in [-0.3, -0.25) is 4.90 Å². The first-order chi connectivity index (χ1) is 7.54. The van der Waals surface area contributed by atoms with Crippen LogP contribution in [0.4, 0.5) is 10.5 Å². The summed E-state index contributed by atoms with van der Waals surface area (Å²) in [5.74, 6) is 0. The van der Waals surface area contributed by atoms with Gasteiger partial charge in [0.25, 0.3) is 0 Å². The molecule has 1 fully saturated rings. The van der Waals surface area contributed by atoms with Crippen LogP contribution in [0.25, 0.3) is 0 Å². The Balaban J connectivity index is 2.23. The van der Waals surface area contributed by atoms with Crippen LogP contribution in [0.15, 0.2) is 24.3 Å². The van der Waals surface area contributed by atoms with Crippen molar-refractivity contribution in [1.29, 1.82) is 0 Å². The van der Waals surface area contributed by atoms with Gasteiger partial charge in [0.1, 0.15) is 5.60 Å². The number of nitrogens with zero attached hydrogens (tertiary/aromatic N) is 1. The van der Waals surface area contributed by atoms with Crippen molar-refractivity contribution >= 4 is 11.8 Å². The fourth-order valence-electron chi connectivity index (χ4n) is 1.72. The maximum Gasteiger partial charge on any atom is 0.415 e. The van der Waals surface area contributed by atoms with Gasteiger partial charge in [-0.15, -0.1) is 0 Å². The van der Waals surface area contributed by atoms with Crippen molar-refractivity contribution in [3.05, 3.63) is 29.8 Å². The van der Waals surface area contributed by atoms with Gasteiger partial charge in [0.2, 0.25) is 0 Å². The lowest BCUT2D eigenvalue weighted by molar-refractivity contribution is 0.0789. The summed E-state index contributed by atoms with van der Waals surface area (Å²) >= 11 is 0. The van der Waals surface area contributed by atoms with Gasteiger partial charge in [-0.25, -0.2) is 4.79 Å². The van der Waals surface area contributed by atoms with Crippen molar-refractivity contribution in [2.24, 2.45) is 5.73 Å². The Morgan fingerprint density at radius 3 is 2.56 bits per heavy atom. The fourth-order valence-corrected chi connectivity index (χ4v) is 1.72. The third kappa shape index (κ3) is 1.88. The monoisotopic (exact) mass is 220 g/mol. The Labute approximate surface area is 95.0 Å². The Bertz CT molecular complexity index is 402. The zero-order chi connectivity index (χ0) is 11.8.